The van der Waals surface area contributed by atoms with E-state index in [1.807, 2.05) is 6.07 Å². The van der Waals surface area contributed by atoms with E-state index < -0.39 is 5.97 Å². The Labute approximate surface area is 137 Å². The molecule has 1 aromatic carbocycles. The van der Waals surface area contributed by atoms with E-state index in [1.165, 1.54) is 0 Å². The summed E-state index contributed by atoms with van der Waals surface area (Å²) in [5, 5.41) is 16.1. The largest absolute Gasteiger partial charge is 0.481 e. The summed E-state index contributed by atoms with van der Waals surface area (Å²) in [6, 6.07) is 8.46. The summed E-state index contributed by atoms with van der Waals surface area (Å²) in [5.74, 6) is -1.11. The average molecular weight is 335 g/mol. The first-order chi connectivity index (χ1) is 11.0. The zero-order valence-electron chi connectivity index (χ0n) is 12.2. The molecule has 2 aromatic rings. The third-order valence-corrected chi connectivity index (χ3v) is 4.20. The normalized spacial score (nSPS) is 20.4. The van der Waals surface area contributed by atoms with Gasteiger partial charge >= 0.3 is 5.97 Å². The maximum atomic E-state index is 12.2. The van der Waals surface area contributed by atoms with Gasteiger partial charge in [-0.25, -0.2) is 0 Å². The highest BCUT2D eigenvalue weighted by Gasteiger charge is 2.31. The first kappa shape index (κ1) is 15.6. The first-order valence-corrected chi connectivity index (χ1v) is 7.67. The molecule has 1 aliphatic rings. The number of nitrogens with zero attached hydrogens (tertiary/aromatic N) is 1. The highest BCUT2D eigenvalue weighted by molar-refractivity contribution is 6.30. The number of benzene rings is 1. The van der Waals surface area contributed by atoms with E-state index in [0.717, 1.165) is 5.56 Å². The number of aromatic nitrogens is 1. The number of amides is 1. The lowest BCUT2D eigenvalue weighted by molar-refractivity contribution is -0.141. The second-order valence-electron chi connectivity index (χ2n) is 5.61. The zero-order valence-corrected chi connectivity index (χ0v) is 12.9. The van der Waals surface area contributed by atoms with Crippen LogP contribution < -0.4 is 5.32 Å². The molecule has 0 unspecified atom stereocenters. The van der Waals surface area contributed by atoms with Crippen LogP contribution in [0.15, 0.2) is 34.9 Å². The Bertz CT molecular complexity index is 743. The highest BCUT2D eigenvalue weighted by atomic mass is 35.5. The number of halogens is 1. The van der Waals surface area contributed by atoms with E-state index in [9.17, 15) is 9.59 Å². The van der Waals surface area contributed by atoms with Gasteiger partial charge in [-0.1, -0.05) is 28.9 Å². The van der Waals surface area contributed by atoms with Crippen LogP contribution in [-0.2, 0) is 4.79 Å². The Morgan fingerprint density at radius 1 is 1.30 bits per heavy atom. The van der Waals surface area contributed by atoms with Crippen molar-refractivity contribution in [2.75, 3.05) is 0 Å². The minimum atomic E-state index is -0.813. The van der Waals surface area contributed by atoms with E-state index in [0.29, 0.717) is 30.0 Å². The summed E-state index contributed by atoms with van der Waals surface area (Å²) < 4.78 is 5.19. The molecule has 0 bridgehead atoms. The summed E-state index contributed by atoms with van der Waals surface area (Å²) in [5.41, 5.74) is 0.898. The van der Waals surface area contributed by atoms with Gasteiger partial charge in [0.1, 0.15) is 0 Å². The van der Waals surface area contributed by atoms with Gasteiger partial charge in [0.25, 0.3) is 5.91 Å². The second kappa shape index (κ2) is 6.42. The molecule has 0 spiro atoms. The second-order valence-corrected chi connectivity index (χ2v) is 6.04. The molecule has 2 atom stereocenters. The number of carboxylic acids is 1. The number of carbonyl (C=O) groups excluding carboxylic acids is 1. The third-order valence-electron chi connectivity index (χ3n) is 3.97. The summed E-state index contributed by atoms with van der Waals surface area (Å²) in [7, 11) is 0. The maximum Gasteiger partial charge on any atom is 0.306 e. The molecule has 3 rings (SSSR count). The van der Waals surface area contributed by atoms with Crippen molar-refractivity contribution in [1.29, 1.82) is 0 Å². The molecule has 0 saturated heterocycles. The molecule has 1 aromatic heterocycles. The van der Waals surface area contributed by atoms with Crippen molar-refractivity contribution in [3.8, 4) is 11.3 Å². The Kier molecular flexibility index (Phi) is 4.34. The van der Waals surface area contributed by atoms with Gasteiger partial charge in [-0.2, -0.15) is 0 Å². The number of rotatable bonds is 4. The molecule has 23 heavy (non-hydrogen) atoms. The highest BCUT2D eigenvalue weighted by Crippen LogP contribution is 2.26. The number of hydrogen-bond donors (Lipinski definition) is 2. The van der Waals surface area contributed by atoms with Crippen molar-refractivity contribution in [3.05, 3.63) is 41.0 Å². The predicted octanol–water partition coefficient (Wildman–Crippen LogP) is 2.98. The molecule has 6 nitrogen and oxygen atoms in total. The molecule has 1 amide bonds. The molecule has 1 aliphatic carbocycles. The van der Waals surface area contributed by atoms with E-state index in [1.54, 1.807) is 24.3 Å². The number of aliphatic carboxylic acids is 1. The van der Waals surface area contributed by atoms with Crippen LogP contribution >= 0.6 is 11.6 Å². The van der Waals surface area contributed by atoms with Gasteiger partial charge in [0.15, 0.2) is 11.5 Å². The molecule has 1 saturated carbocycles. The number of carbonyl (C=O) groups is 2. The van der Waals surface area contributed by atoms with Gasteiger partial charge in [-0.15, -0.1) is 0 Å². The predicted molar refractivity (Wildman–Crippen MR) is 83.2 cm³/mol. The topological polar surface area (TPSA) is 92.4 Å². The Morgan fingerprint density at radius 3 is 2.83 bits per heavy atom. The molecular formula is C16H15ClN2O4. The van der Waals surface area contributed by atoms with Gasteiger partial charge in [-0.3, -0.25) is 9.59 Å². The van der Waals surface area contributed by atoms with Gasteiger partial charge in [0.2, 0.25) is 0 Å². The molecule has 0 aliphatic heterocycles. The van der Waals surface area contributed by atoms with Gasteiger partial charge < -0.3 is 14.9 Å². The fourth-order valence-corrected chi connectivity index (χ4v) is 2.95. The Balaban J connectivity index is 1.66. The molecular weight excluding hydrogens is 320 g/mol. The lowest BCUT2D eigenvalue weighted by atomic mass is 10.1. The van der Waals surface area contributed by atoms with E-state index in [4.69, 9.17) is 21.2 Å². The maximum absolute atomic E-state index is 12.2. The van der Waals surface area contributed by atoms with E-state index >= 15 is 0 Å². The Hall–Kier alpha value is -2.34. The molecule has 0 radical (unpaired) electrons. The lowest BCUT2D eigenvalue weighted by Crippen LogP contribution is -2.33. The van der Waals surface area contributed by atoms with Crippen LogP contribution in [0.25, 0.3) is 11.3 Å². The fraction of sp³-hybridized carbons (Fsp3) is 0.312. The van der Waals surface area contributed by atoms with Crippen molar-refractivity contribution in [3.63, 3.8) is 0 Å². The fourth-order valence-electron chi connectivity index (χ4n) is 2.76. The number of nitrogens with one attached hydrogen (secondary N) is 1. The van der Waals surface area contributed by atoms with Crippen molar-refractivity contribution in [2.24, 2.45) is 5.92 Å². The zero-order chi connectivity index (χ0) is 16.4. The number of hydrogen-bond acceptors (Lipinski definition) is 4. The number of carboxylic acid groups (broad SMARTS) is 1. The van der Waals surface area contributed by atoms with Gasteiger partial charge in [0.05, 0.1) is 5.92 Å². The molecule has 1 fully saturated rings. The van der Waals surface area contributed by atoms with Crippen molar-refractivity contribution in [2.45, 2.75) is 25.3 Å². The van der Waals surface area contributed by atoms with Crippen LogP contribution in [0, 0.1) is 5.92 Å². The van der Waals surface area contributed by atoms with Crippen LogP contribution in [0.5, 0.6) is 0 Å². The molecule has 2 N–H and O–H groups in total. The first-order valence-electron chi connectivity index (χ1n) is 7.29. The summed E-state index contributed by atoms with van der Waals surface area (Å²) >= 11 is 5.93. The lowest BCUT2D eigenvalue weighted by Gasteiger charge is -2.10. The summed E-state index contributed by atoms with van der Waals surface area (Å²) in [4.78, 5) is 23.1. The van der Waals surface area contributed by atoms with Gasteiger partial charge in [-0.05, 0) is 31.4 Å². The SMILES string of the molecule is O=C(N[C@H]1CC[C@@H](C(=O)O)C1)c1cc(-c2cccc(Cl)c2)on1. The van der Waals surface area contributed by atoms with Crippen molar-refractivity contribution < 1.29 is 19.2 Å². The molecule has 7 heteroatoms. The standard InChI is InChI=1S/C16H15ClN2O4/c17-11-3-1-2-9(6-11)14-8-13(19-23-14)15(20)18-12-5-4-10(7-12)16(21)22/h1-3,6,8,10,12H,4-5,7H2,(H,18,20)(H,21,22)/t10-,12+/m1/s1. The quantitative estimate of drug-likeness (QED) is 0.896. The van der Waals surface area contributed by atoms with Crippen molar-refractivity contribution in [1.82, 2.24) is 10.5 Å². The summed E-state index contributed by atoms with van der Waals surface area (Å²) in [6.45, 7) is 0. The Morgan fingerprint density at radius 2 is 2.13 bits per heavy atom. The molecule has 120 valence electrons. The summed E-state index contributed by atoms with van der Waals surface area (Å²) in [6.07, 6.45) is 1.68. The van der Waals surface area contributed by atoms with Crippen LogP contribution in [0.4, 0.5) is 0 Å². The van der Waals surface area contributed by atoms with Gasteiger partial charge in [0, 0.05) is 22.7 Å². The minimum Gasteiger partial charge on any atom is -0.481 e. The van der Waals surface area contributed by atoms with Crippen LogP contribution in [0.1, 0.15) is 29.8 Å². The van der Waals surface area contributed by atoms with E-state index in [2.05, 4.69) is 10.5 Å². The van der Waals surface area contributed by atoms with Crippen LogP contribution in [0.2, 0.25) is 5.02 Å². The van der Waals surface area contributed by atoms with Crippen LogP contribution in [0.3, 0.4) is 0 Å². The third kappa shape index (κ3) is 3.53. The minimum absolute atomic E-state index is 0.144. The van der Waals surface area contributed by atoms with Crippen molar-refractivity contribution >= 4 is 23.5 Å². The average Bonchev–Trinajstić information content (AvgIpc) is 3.16. The van der Waals surface area contributed by atoms with E-state index in [-0.39, 0.29) is 23.6 Å². The van der Waals surface area contributed by atoms with Crippen LogP contribution in [-0.4, -0.2) is 28.2 Å². The molecule has 1 heterocycles. The smallest absolute Gasteiger partial charge is 0.306 e. The monoisotopic (exact) mass is 334 g/mol.